The lowest BCUT2D eigenvalue weighted by Gasteiger charge is -2.26. The molecule has 2 aliphatic rings. The fourth-order valence-electron chi connectivity index (χ4n) is 2.51. The van der Waals surface area contributed by atoms with Crippen LogP contribution < -0.4 is 4.90 Å². The van der Waals surface area contributed by atoms with E-state index in [1.165, 1.54) is 31.2 Å². The van der Waals surface area contributed by atoms with Crippen molar-refractivity contribution in [1.29, 1.82) is 5.26 Å². The summed E-state index contributed by atoms with van der Waals surface area (Å²) < 4.78 is 0. The van der Waals surface area contributed by atoms with Gasteiger partial charge in [-0.2, -0.15) is 5.26 Å². The minimum Gasteiger partial charge on any atom is -0.370 e. The molecule has 0 amide bonds. The van der Waals surface area contributed by atoms with Gasteiger partial charge in [0, 0.05) is 13.1 Å². The van der Waals surface area contributed by atoms with Gasteiger partial charge < -0.3 is 4.90 Å². The molecular weight excluding hydrogens is 220 g/mol. The van der Waals surface area contributed by atoms with Gasteiger partial charge in [0.15, 0.2) is 0 Å². The van der Waals surface area contributed by atoms with Crippen LogP contribution in [0.2, 0.25) is 0 Å². The Morgan fingerprint density at radius 2 is 1.78 bits per heavy atom. The summed E-state index contributed by atoms with van der Waals surface area (Å²) in [6, 6.07) is 8.64. The fraction of sp³-hybridized carbons (Fsp3) is 0.562. The van der Waals surface area contributed by atoms with Gasteiger partial charge >= 0.3 is 0 Å². The Hall–Kier alpha value is -1.49. The van der Waals surface area contributed by atoms with E-state index in [-0.39, 0.29) is 0 Å². The molecule has 2 fully saturated rings. The number of anilines is 1. The highest BCUT2D eigenvalue weighted by atomic mass is 15.1. The number of rotatable bonds is 5. The van der Waals surface area contributed by atoms with Crippen molar-refractivity contribution in [2.75, 3.05) is 18.0 Å². The van der Waals surface area contributed by atoms with Crippen LogP contribution in [0.4, 0.5) is 5.69 Å². The topological polar surface area (TPSA) is 27.0 Å². The lowest BCUT2D eigenvalue weighted by atomic mass is 10.1. The standard InChI is InChI=1S/C16H20N2/c1-12-2-7-16(15(8-12)9-17)18(10-13-3-4-13)11-14-5-6-14/h2,7-8,13-14H,3-6,10-11H2,1H3. The van der Waals surface area contributed by atoms with Crippen LogP contribution in [0.5, 0.6) is 0 Å². The van der Waals surface area contributed by atoms with Crippen molar-refractivity contribution in [2.45, 2.75) is 32.6 Å². The van der Waals surface area contributed by atoms with Crippen molar-refractivity contribution < 1.29 is 0 Å². The summed E-state index contributed by atoms with van der Waals surface area (Å²) in [6.07, 6.45) is 5.48. The number of aryl methyl sites for hydroxylation is 1. The molecule has 0 bridgehead atoms. The minimum absolute atomic E-state index is 0.844. The van der Waals surface area contributed by atoms with Crippen molar-refractivity contribution in [2.24, 2.45) is 11.8 Å². The van der Waals surface area contributed by atoms with Crippen LogP contribution >= 0.6 is 0 Å². The van der Waals surface area contributed by atoms with E-state index in [0.717, 1.165) is 36.2 Å². The highest BCUT2D eigenvalue weighted by molar-refractivity contribution is 5.60. The number of hydrogen-bond acceptors (Lipinski definition) is 2. The summed E-state index contributed by atoms with van der Waals surface area (Å²) in [4.78, 5) is 2.47. The summed E-state index contributed by atoms with van der Waals surface area (Å²) in [7, 11) is 0. The Balaban J connectivity index is 1.84. The smallest absolute Gasteiger partial charge is 0.101 e. The number of nitrogens with zero attached hydrogens (tertiary/aromatic N) is 2. The van der Waals surface area contributed by atoms with Gasteiger partial charge in [0.25, 0.3) is 0 Å². The molecule has 1 aromatic carbocycles. The van der Waals surface area contributed by atoms with Crippen LogP contribution in [0, 0.1) is 30.1 Å². The Morgan fingerprint density at radius 3 is 2.28 bits per heavy atom. The zero-order valence-corrected chi connectivity index (χ0v) is 11.0. The van der Waals surface area contributed by atoms with Gasteiger partial charge in [0.2, 0.25) is 0 Å². The predicted octanol–water partition coefficient (Wildman–Crippen LogP) is 3.49. The van der Waals surface area contributed by atoms with Gasteiger partial charge in [0.1, 0.15) is 6.07 Å². The number of nitriles is 1. The minimum atomic E-state index is 0.844. The summed E-state index contributed by atoms with van der Waals surface area (Å²) in [5.41, 5.74) is 3.17. The molecule has 0 heterocycles. The predicted molar refractivity (Wildman–Crippen MR) is 73.6 cm³/mol. The van der Waals surface area contributed by atoms with Crippen LogP contribution in [0.1, 0.15) is 36.8 Å². The van der Waals surface area contributed by atoms with Gasteiger partial charge in [-0.05, 0) is 62.1 Å². The zero-order chi connectivity index (χ0) is 12.5. The monoisotopic (exact) mass is 240 g/mol. The molecule has 0 aromatic heterocycles. The molecule has 0 atom stereocenters. The molecule has 1 aromatic rings. The Bertz CT molecular complexity index is 464. The molecule has 0 N–H and O–H groups in total. The zero-order valence-electron chi connectivity index (χ0n) is 11.0. The van der Waals surface area contributed by atoms with Crippen molar-refractivity contribution in [3.63, 3.8) is 0 Å². The van der Waals surface area contributed by atoms with E-state index in [2.05, 4.69) is 30.0 Å². The van der Waals surface area contributed by atoms with Gasteiger partial charge in [0.05, 0.1) is 11.3 Å². The summed E-state index contributed by atoms with van der Waals surface area (Å²) >= 11 is 0. The first-order chi connectivity index (χ1) is 8.76. The largest absolute Gasteiger partial charge is 0.370 e. The molecule has 0 unspecified atom stereocenters. The van der Waals surface area contributed by atoms with Crippen molar-refractivity contribution in [3.05, 3.63) is 29.3 Å². The lowest BCUT2D eigenvalue weighted by Crippen LogP contribution is -2.28. The molecule has 0 radical (unpaired) electrons. The SMILES string of the molecule is Cc1ccc(N(CC2CC2)CC2CC2)c(C#N)c1. The first kappa shape index (κ1) is 11.6. The molecule has 18 heavy (non-hydrogen) atoms. The second-order valence-electron chi connectivity index (χ2n) is 5.92. The molecule has 2 heteroatoms. The second-order valence-corrected chi connectivity index (χ2v) is 5.92. The number of hydrogen-bond donors (Lipinski definition) is 0. The van der Waals surface area contributed by atoms with Crippen molar-refractivity contribution >= 4 is 5.69 Å². The highest BCUT2D eigenvalue weighted by Gasteiger charge is 2.30. The quantitative estimate of drug-likeness (QED) is 0.787. The summed E-state index contributed by atoms with van der Waals surface area (Å²) in [5, 5.41) is 9.31. The molecule has 0 saturated heterocycles. The van der Waals surface area contributed by atoms with Gasteiger partial charge in [-0.15, -0.1) is 0 Å². The maximum Gasteiger partial charge on any atom is 0.101 e. The first-order valence-electron chi connectivity index (χ1n) is 7.02. The van der Waals surface area contributed by atoms with Crippen LogP contribution in [0.25, 0.3) is 0 Å². The molecule has 2 aliphatic carbocycles. The van der Waals surface area contributed by atoms with Crippen LogP contribution in [-0.2, 0) is 0 Å². The fourth-order valence-corrected chi connectivity index (χ4v) is 2.51. The van der Waals surface area contributed by atoms with E-state index in [9.17, 15) is 5.26 Å². The molecular formula is C16H20N2. The molecule has 0 aliphatic heterocycles. The van der Waals surface area contributed by atoms with Gasteiger partial charge in [-0.25, -0.2) is 0 Å². The third-order valence-corrected chi connectivity index (χ3v) is 3.96. The molecule has 0 spiro atoms. The normalized spacial score (nSPS) is 18.4. The van der Waals surface area contributed by atoms with Crippen LogP contribution in [0.15, 0.2) is 18.2 Å². The maximum absolute atomic E-state index is 9.31. The third-order valence-electron chi connectivity index (χ3n) is 3.96. The number of benzene rings is 1. The first-order valence-corrected chi connectivity index (χ1v) is 7.02. The second kappa shape index (κ2) is 4.65. The van der Waals surface area contributed by atoms with Crippen molar-refractivity contribution in [1.82, 2.24) is 0 Å². The summed E-state index contributed by atoms with van der Waals surface area (Å²) in [6.45, 7) is 4.35. The van der Waals surface area contributed by atoms with E-state index in [1.807, 2.05) is 6.07 Å². The molecule has 2 saturated carbocycles. The van der Waals surface area contributed by atoms with Crippen LogP contribution in [0.3, 0.4) is 0 Å². The van der Waals surface area contributed by atoms with E-state index < -0.39 is 0 Å². The summed E-state index contributed by atoms with van der Waals surface area (Å²) in [5.74, 6) is 1.74. The average molecular weight is 240 g/mol. The Labute approximate surface area is 109 Å². The van der Waals surface area contributed by atoms with E-state index in [4.69, 9.17) is 0 Å². The Kier molecular flexibility index (Phi) is 2.99. The lowest BCUT2D eigenvalue weighted by molar-refractivity contribution is 0.679. The third kappa shape index (κ3) is 2.67. The van der Waals surface area contributed by atoms with E-state index in [1.54, 1.807) is 0 Å². The molecule has 3 rings (SSSR count). The average Bonchev–Trinajstić information content (AvgIpc) is 3.23. The Morgan fingerprint density at radius 1 is 1.17 bits per heavy atom. The van der Waals surface area contributed by atoms with Gasteiger partial charge in [-0.3, -0.25) is 0 Å². The molecule has 2 nitrogen and oxygen atoms in total. The molecule has 94 valence electrons. The van der Waals surface area contributed by atoms with Crippen molar-refractivity contribution in [3.8, 4) is 6.07 Å². The van der Waals surface area contributed by atoms with Gasteiger partial charge in [-0.1, -0.05) is 6.07 Å². The highest BCUT2D eigenvalue weighted by Crippen LogP contribution is 2.36. The van der Waals surface area contributed by atoms with E-state index >= 15 is 0 Å². The van der Waals surface area contributed by atoms with Crippen LogP contribution in [-0.4, -0.2) is 13.1 Å². The van der Waals surface area contributed by atoms with E-state index in [0.29, 0.717) is 0 Å². The maximum atomic E-state index is 9.31.